The molecule has 1 N–H and O–H groups in total. The van der Waals surface area contributed by atoms with Crippen LogP contribution in [0.5, 0.6) is 11.5 Å². The number of nitrogens with one attached hydrogen (secondary N) is 1. The van der Waals surface area contributed by atoms with Gasteiger partial charge in [-0.1, -0.05) is 6.07 Å². The highest BCUT2D eigenvalue weighted by Crippen LogP contribution is 2.44. The van der Waals surface area contributed by atoms with Crippen molar-refractivity contribution in [2.45, 2.75) is 45.9 Å². The quantitative estimate of drug-likeness (QED) is 0.152. The Balaban J connectivity index is 1.65. The van der Waals surface area contributed by atoms with Crippen molar-refractivity contribution < 1.29 is 14.4 Å². The van der Waals surface area contributed by atoms with E-state index in [9.17, 15) is 10.1 Å². The van der Waals surface area contributed by atoms with Crippen molar-refractivity contribution in [3.05, 3.63) is 106 Å². The van der Waals surface area contributed by atoms with Crippen molar-refractivity contribution >= 4 is 28.7 Å². The molecule has 2 atom stereocenters. The maximum atomic E-state index is 12.0. The van der Waals surface area contributed by atoms with Gasteiger partial charge in [0, 0.05) is 23.3 Å². The number of nitro groups is 1. The molecular formula is C30H31N5O4S. The van der Waals surface area contributed by atoms with Crippen LogP contribution in [0, 0.1) is 24.0 Å². The first-order chi connectivity index (χ1) is 19.2. The van der Waals surface area contributed by atoms with Crippen LogP contribution in [-0.2, 0) is 0 Å². The maximum absolute atomic E-state index is 12.0. The summed E-state index contributed by atoms with van der Waals surface area (Å²) in [5.41, 5.74) is 4.89. The number of aromatic nitrogens is 2. The lowest BCUT2D eigenvalue weighted by Crippen LogP contribution is -2.29. The zero-order chi connectivity index (χ0) is 28.6. The van der Waals surface area contributed by atoms with Crippen molar-refractivity contribution in [2.75, 3.05) is 12.0 Å². The van der Waals surface area contributed by atoms with Crippen LogP contribution in [0.15, 0.2) is 72.9 Å². The number of nitro benzene ring substituents is 1. The minimum Gasteiger partial charge on any atom is -0.496 e. The first kappa shape index (κ1) is 27.1. The Hall–Kier alpha value is -4.44. The zero-order valence-corrected chi connectivity index (χ0v) is 23.8. The fraction of sp³-hybridized carbons (Fsp3) is 0.267. The van der Waals surface area contributed by atoms with Crippen LogP contribution in [0.1, 0.15) is 48.6 Å². The van der Waals surface area contributed by atoms with Crippen LogP contribution in [0.2, 0.25) is 0 Å². The van der Waals surface area contributed by atoms with E-state index in [-0.39, 0.29) is 28.8 Å². The van der Waals surface area contributed by atoms with Gasteiger partial charge in [0.05, 0.1) is 42.0 Å². The van der Waals surface area contributed by atoms with Gasteiger partial charge in [-0.25, -0.2) is 0 Å². The van der Waals surface area contributed by atoms with Crippen LogP contribution in [0.4, 0.5) is 11.4 Å². The van der Waals surface area contributed by atoms with E-state index in [0.29, 0.717) is 16.5 Å². The number of thiocarbonyl (C=S) groups is 1. The third kappa shape index (κ3) is 4.98. The summed E-state index contributed by atoms with van der Waals surface area (Å²) in [4.78, 5) is 18.4. The fourth-order valence-corrected chi connectivity index (χ4v) is 5.68. The SMILES string of the molecule is COc1ccc(-n2c(C)cc([C@H]3[C@H](c4ccccn4)NC(=S)N3c3ccc(OC(C)C)cc3)c2C)c([N+](=O)[O-])c1. The predicted molar refractivity (Wildman–Crippen MR) is 159 cm³/mol. The van der Waals surface area contributed by atoms with E-state index in [2.05, 4.69) is 21.3 Å². The molecule has 1 fully saturated rings. The summed E-state index contributed by atoms with van der Waals surface area (Å²) in [7, 11) is 1.49. The number of rotatable bonds is 8. The summed E-state index contributed by atoms with van der Waals surface area (Å²) >= 11 is 5.88. The molecule has 9 nitrogen and oxygen atoms in total. The smallest absolute Gasteiger partial charge is 0.296 e. The summed E-state index contributed by atoms with van der Waals surface area (Å²) in [5, 5.41) is 16.1. The highest BCUT2D eigenvalue weighted by Gasteiger charge is 2.42. The van der Waals surface area contributed by atoms with Crippen LogP contribution >= 0.6 is 12.2 Å². The number of pyridine rings is 1. The second-order valence-corrected chi connectivity index (χ2v) is 10.3. The van der Waals surface area contributed by atoms with Gasteiger partial charge in [-0.15, -0.1) is 0 Å². The highest BCUT2D eigenvalue weighted by molar-refractivity contribution is 7.80. The molecule has 3 heterocycles. The van der Waals surface area contributed by atoms with Gasteiger partial charge >= 0.3 is 0 Å². The molecule has 0 radical (unpaired) electrons. The van der Waals surface area contributed by atoms with E-state index >= 15 is 0 Å². The number of ether oxygens (including phenoxy) is 2. The van der Waals surface area contributed by atoms with E-state index in [1.165, 1.54) is 13.2 Å². The second kappa shape index (κ2) is 11.0. The molecule has 0 unspecified atom stereocenters. The lowest BCUT2D eigenvalue weighted by molar-refractivity contribution is -0.384. The molecule has 0 saturated carbocycles. The number of benzene rings is 2. The van der Waals surface area contributed by atoms with E-state index < -0.39 is 0 Å². The molecule has 0 aliphatic carbocycles. The number of nitrogens with zero attached hydrogens (tertiary/aromatic N) is 4. The van der Waals surface area contributed by atoms with Gasteiger partial charge in [-0.2, -0.15) is 0 Å². The molecule has 0 bridgehead atoms. The molecule has 4 aromatic rings. The Morgan fingerprint density at radius 2 is 1.77 bits per heavy atom. The molecule has 1 saturated heterocycles. The zero-order valence-electron chi connectivity index (χ0n) is 23.0. The minimum absolute atomic E-state index is 0.0355. The molecule has 10 heteroatoms. The first-order valence-electron chi connectivity index (χ1n) is 13.0. The Labute approximate surface area is 238 Å². The largest absolute Gasteiger partial charge is 0.496 e. The van der Waals surface area contributed by atoms with Crippen molar-refractivity contribution in [1.82, 2.24) is 14.9 Å². The predicted octanol–water partition coefficient (Wildman–Crippen LogP) is 6.37. The average Bonchev–Trinajstić information content (AvgIpc) is 3.43. The molecule has 2 aromatic heterocycles. The van der Waals surface area contributed by atoms with Crippen molar-refractivity contribution in [1.29, 1.82) is 0 Å². The van der Waals surface area contributed by atoms with Crippen LogP contribution in [-0.4, -0.2) is 32.8 Å². The van der Waals surface area contributed by atoms with Gasteiger partial charge in [0.1, 0.15) is 17.2 Å². The summed E-state index contributed by atoms with van der Waals surface area (Å²) in [6.07, 6.45) is 1.83. The third-order valence-electron chi connectivity index (χ3n) is 6.99. The Bertz CT molecular complexity index is 1550. The van der Waals surface area contributed by atoms with Gasteiger partial charge in [0.15, 0.2) is 5.11 Å². The van der Waals surface area contributed by atoms with Gasteiger partial charge in [0.2, 0.25) is 0 Å². The Morgan fingerprint density at radius 3 is 2.40 bits per heavy atom. The molecule has 0 spiro atoms. The molecular weight excluding hydrogens is 526 g/mol. The van der Waals surface area contributed by atoms with Crippen molar-refractivity contribution in [2.24, 2.45) is 0 Å². The Morgan fingerprint density at radius 1 is 1.05 bits per heavy atom. The second-order valence-electron chi connectivity index (χ2n) is 9.93. The number of hydrogen-bond donors (Lipinski definition) is 1. The van der Waals surface area contributed by atoms with Crippen LogP contribution in [0.25, 0.3) is 5.69 Å². The summed E-state index contributed by atoms with van der Waals surface area (Å²) < 4.78 is 13.0. The fourth-order valence-electron chi connectivity index (χ4n) is 5.33. The maximum Gasteiger partial charge on any atom is 0.296 e. The minimum atomic E-state index is -0.383. The van der Waals surface area contributed by atoms with Crippen molar-refractivity contribution in [3.63, 3.8) is 0 Å². The van der Waals surface area contributed by atoms with Gasteiger partial charge in [-0.3, -0.25) is 15.1 Å². The van der Waals surface area contributed by atoms with Crippen LogP contribution in [0.3, 0.4) is 0 Å². The van der Waals surface area contributed by atoms with E-state index in [1.54, 1.807) is 18.3 Å². The lowest BCUT2D eigenvalue weighted by atomic mass is 9.96. The number of hydrogen-bond acceptors (Lipinski definition) is 6. The molecule has 0 amide bonds. The highest BCUT2D eigenvalue weighted by atomic mass is 32.1. The summed E-state index contributed by atoms with van der Waals surface area (Å²) in [5.74, 6) is 1.20. The number of anilines is 1. The van der Waals surface area contributed by atoms with E-state index in [4.69, 9.17) is 21.7 Å². The molecule has 1 aliphatic heterocycles. The number of aryl methyl sites for hydroxylation is 1. The molecule has 1 aliphatic rings. The Kier molecular flexibility index (Phi) is 7.44. The first-order valence-corrected chi connectivity index (χ1v) is 13.4. The van der Waals surface area contributed by atoms with Gasteiger partial charge in [-0.05, 0) is 100 Å². The summed E-state index contributed by atoms with van der Waals surface area (Å²) in [6, 6.07) is 20.1. The van der Waals surface area contributed by atoms with Crippen LogP contribution < -0.4 is 19.7 Å². The standard InChI is InChI=1S/C30H31N5O4S/c1-18(2)39-22-11-9-21(10-12-22)34-29(28(32-30(34)40)25-8-6-7-15-31-25)24-16-19(3)33(20(24)4)26-14-13-23(38-5)17-27(26)35(36)37/h6-18,28-29H,1-5H3,(H,32,40)/t28-,29-/m0/s1. The number of methoxy groups -OCH3 is 1. The molecule has 5 rings (SSSR count). The lowest BCUT2D eigenvalue weighted by Gasteiger charge is -2.28. The summed E-state index contributed by atoms with van der Waals surface area (Å²) in [6.45, 7) is 7.90. The van der Waals surface area contributed by atoms with Crippen molar-refractivity contribution in [3.8, 4) is 17.2 Å². The molecule has 40 heavy (non-hydrogen) atoms. The normalized spacial score (nSPS) is 16.8. The monoisotopic (exact) mass is 557 g/mol. The average molecular weight is 558 g/mol. The van der Waals surface area contributed by atoms with E-state index in [0.717, 1.165) is 34.1 Å². The topological polar surface area (TPSA) is 94.7 Å². The molecule has 206 valence electrons. The third-order valence-corrected chi connectivity index (χ3v) is 7.31. The molecule has 2 aromatic carbocycles. The van der Waals surface area contributed by atoms with E-state index in [1.807, 2.05) is 74.7 Å². The van der Waals surface area contributed by atoms with Gasteiger partial charge < -0.3 is 24.3 Å². The van der Waals surface area contributed by atoms with Gasteiger partial charge in [0.25, 0.3) is 5.69 Å².